The summed E-state index contributed by atoms with van der Waals surface area (Å²) in [7, 11) is 0. The summed E-state index contributed by atoms with van der Waals surface area (Å²) in [6, 6.07) is 0. The molecule has 0 fully saturated rings. The third kappa shape index (κ3) is 223. The maximum atomic E-state index is 8.64. The van der Waals surface area contributed by atoms with Crippen LogP contribution in [-0.4, -0.2) is 20.1 Å². The fourth-order valence-electron chi connectivity index (χ4n) is 0. The normalized spacial score (nSPS) is 2.95. The molecule has 0 aromatic heterocycles. The molecule has 0 aromatic rings. The summed E-state index contributed by atoms with van der Waals surface area (Å²) >= 11 is -6.10. The Labute approximate surface area is 318 Å². The van der Waals surface area contributed by atoms with Gasteiger partial charge in [-0.2, -0.15) is 0 Å². The summed E-state index contributed by atoms with van der Waals surface area (Å²) in [5, 5.41) is 0. The van der Waals surface area contributed by atoms with E-state index in [1.165, 1.54) is 0 Å². The molecule has 0 N–H and O–H groups in total. The zero-order valence-corrected chi connectivity index (χ0v) is 33.9. The van der Waals surface area contributed by atoms with Crippen molar-refractivity contribution in [3.8, 4) is 0 Å². The Kier molecular flexibility index (Phi) is 607. The van der Waals surface area contributed by atoms with Crippen LogP contribution in [0.25, 0.3) is 0 Å². The quantitative estimate of drug-likeness (QED) is 0.241. The van der Waals surface area contributed by atoms with E-state index in [0.29, 0.717) is 0 Å². The van der Waals surface area contributed by atoms with Crippen molar-refractivity contribution in [2.45, 2.75) is 0 Å². The van der Waals surface area contributed by atoms with Crippen LogP contribution in [0.3, 0.4) is 0 Å². The second-order valence-electron chi connectivity index (χ2n) is 0.447. The van der Waals surface area contributed by atoms with Crippen LogP contribution in [0.4, 0.5) is 0 Å². The molecule has 0 saturated heterocycles. The topological polar surface area (TPSA) is 86.2 Å². The molecule has 80 valence electrons. The van der Waals surface area contributed by atoms with Gasteiger partial charge in [0.15, 0.2) is 0 Å². The molecule has 0 saturated carbocycles. The van der Waals surface area contributed by atoms with E-state index in [1.807, 2.05) is 0 Å². The molecule has 0 unspecified atom stereocenters. The van der Waals surface area contributed by atoms with Crippen molar-refractivity contribution in [1.82, 2.24) is 0 Å². The molecular formula is F6Na9O4Sb. The third-order valence-corrected chi connectivity index (χ3v) is 0. The van der Waals surface area contributed by atoms with Gasteiger partial charge in [0.05, 0.1) is 0 Å². The number of rotatable bonds is 0. The zero-order valence-electron chi connectivity index (χ0n) is 13.3. The Morgan fingerprint density at radius 1 is 0.400 bits per heavy atom. The first-order valence-electron chi connectivity index (χ1n) is 0.730. The molecule has 20 heavy (non-hydrogen) atoms. The van der Waals surface area contributed by atoms with Gasteiger partial charge in [0.1, 0.15) is 0 Å². The molecule has 0 amide bonds. The van der Waals surface area contributed by atoms with Crippen LogP contribution >= 0.6 is 0 Å². The molecule has 0 aliphatic heterocycles. The molecule has 20 heteroatoms. The number of hydrogen-bond acceptors (Lipinski definition) is 4. The standard InChI is InChI=1S/6FH.9Na.4O.Sb/h6*1H;;;;;;;;;;;;;;/q;;;;;;9*+1;;3*-1;/p-6. The van der Waals surface area contributed by atoms with E-state index >= 15 is 0 Å². The van der Waals surface area contributed by atoms with Crippen molar-refractivity contribution < 1.29 is 307 Å². The summed E-state index contributed by atoms with van der Waals surface area (Å²) in [6.45, 7) is 0. The maximum absolute atomic E-state index is 8.64. The molecule has 4 nitrogen and oxygen atoms in total. The van der Waals surface area contributed by atoms with Crippen LogP contribution in [0.1, 0.15) is 0 Å². The van der Waals surface area contributed by atoms with Crippen molar-refractivity contribution in [1.29, 1.82) is 0 Å². The summed E-state index contributed by atoms with van der Waals surface area (Å²) in [4.78, 5) is 0. The minimum atomic E-state index is -6.10. The Hall–Kier alpha value is 9.08. The van der Waals surface area contributed by atoms with E-state index in [2.05, 4.69) is 0 Å². The summed E-state index contributed by atoms with van der Waals surface area (Å²) in [5.74, 6) is 0. The number of halogens is 6. The first-order valence-corrected chi connectivity index (χ1v) is 4.90. The van der Waals surface area contributed by atoms with Crippen LogP contribution in [-0.2, 0) is 3.02 Å². The Bertz CT molecular complexity index is 80.6. The molecule has 0 aliphatic carbocycles. The van der Waals surface area contributed by atoms with Gasteiger partial charge in [0.25, 0.3) is 0 Å². The predicted molar refractivity (Wildman–Crippen MR) is 6.44 cm³/mol. The van der Waals surface area contributed by atoms with Crippen molar-refractivity contribution in [3.63, 3.8) is 0 Å². The minimum absolute atomic E-state index is 0. The molecule has 0 bridgehead atoms. The van der Waals surface area contributed by atoms with E-state index in [0.717, 1.165) is 0 Å². The second-order valence-corrected chi connectivity index (χ2v) is 3.00. The van der Waals surface area contributed by atoms with Gasteiger partial charge in [0, 0.05) is 0 Å². The van der Waals surface area contributed by atoms with Gasteiger partial charge in [0.2, 0.25) is 0 Å². The molecule has 0 rings (SSSR count). The van der Waals surface area contributed by atoms with Gasteiger partial charge in [-0.05, 0) is 0 Å². The fraction of sp³-hybridized carbons (Fsp3) is 0. The molecule has 0 aliphatic rings. The molecule has 0 heterocycles. The van der Waals surface area contributed by atoms with E-state index in [1.54, 1.807) is 0 Å². The molecule has 0 radical (unpaired) electrons. The van der Waals surface area contributed by atoms with Gasteiger partial charge in [-0.1, -0.05) is 0 Å². The van der Waals surface area contributed by atoms with E-state index < -0.39 is 20.1 Å². The van der Waals surface area contributed by atoms with E-state index in [9.17, 15) is 0 Å². The van der Waals surface area contributed by atoms with Crippen molar-refractivity contribution in [2.75, 3.05) is 0 Å². The number of hydrogen-bond donors (Lipinski definition) is 0. The summed E-state index contributed by atoms with van der Waals surface area (Å²) in [5.41, 5.74) is 0. The van der Waals surface area contributed by atoms with Crippen LogP contribution in [0.15, 0.2) is 0 Å². The predicted octanol–water partition coefficient (Wildman–Crippen LogP) is -49.0. The molecule has 0 atom stereocenters. The van der Waals surface area contributed by atoms with E-state index in [-0.39, 0.29) is 294 Å². The van der Waals surface area contributed by atoms with Gasteiger partial charge in [-0.3, -0.25) is 0 Å². The summed E-state index contributed by atoms with van der Waals surface area (Å²) in [6.07, 6.45) is 0. The monoisotopic (exact) mass is 506 g/mol. The zero-order chi connectivity index (χ0) is 4.50. The van der Waals surface area contributed by atoms with Crippen molar-refractivity contribution >= 4 is 20.1 Å². The van der Waals surface area contributed by atoms with Crippen LogP contribution in [0.2, 0.25) is 0 Å². The Balaban J connectivity index is -0.000000000762. The molecule has 0 spiro atoms. The Morgan fingerprint density at radius 2 is 0.400 bits per heavy atom. The van der Waals surface area contributed by atoms with Gasteiger partial charge in [-0.25, -0.2) is 0 Å². The third-order valence-electron chi connectivity index (χ3n) is 0. The summed E-state index contributed by atoms with van der Waals surface area (Å²) < 4.78 is 34.6. The average molecular weight is 507 g/mol. The average Bonchev–Trinajstić information content (AvgIpc) is 0.722. The van der Waals surface area contributed by atoms with Crippen molar-refractivity contribution in [2.24, 2.45) is 0 Å². The van der Waals surface area contributed by atoms with Gasteiger partial charge >= 0.3 is 299 Å². The first kappa shape index (κ1) is 134. The van der Waals surface area contributed by atoms with Crippen molar-refractivity contribution in [3.05, 3.63) is 0 Å². The van der Waals surface area contributed by atoms with Crippen LogP contribution in [0.5, 0.6) is 0 Å². The fourth-order valence-corrected chi connectivity index (χ4v) is 0. The Morgan fingerprint density at radius 3 is 0.400 bits per heavy atom. The molecular weight excluding hydrogens is 507 g/mol. The SMILES string of the molecule is [F-].[F-].[F-].[F-].[F-].[F-].[Na+].[Na+].[Na+].[Na+].[Na+].[Na+].[Na+].[Na+].[Na+].[O]=[Sb]([O-])([O-])[O-]. The van der Waals surface area contributed by atoms with E-state index in [4.69, 9.17) is 13.2 Å². The van der Waals surface area contributed by atoms with Gasteiger partial charge in [-0.15, -0.1) is 0 Å². The first-order chi connectivity index (χ1) is 2.00. The molecule has 0 aromatic carbocycles. The second kappa shape index (κ2) is 90.6. The van der Waals surface area contributed by atoms with Crippen LogP contribution in [0, 0.1) is 0 Å². The van der Waals surface area contributed by atoms with Gasteiger partial charge < -0.3 is 28.2 Å². The van der Waals surface area contributed by atoms with Crippen LogP contribution < -0.4 is 304 Å².